The summed E-state index contributed by atoms with van der Waals surface area (Å²) < 4.78 is 49.4. The first-order valence-corrected chi connectivity index (χ1v) is 8.94. The highest BCUT2D eigenvalue weighted by molar-refractivity contribution is 7.09. The molecule has 0 atom stereocenters. The molecule has 0 amide bonds. The van der Waals surface area contributed by atoms with Crippen molar-refractivity contribution in [1.82, 2.24) is 4.98 Å². The molecule has 4 nitrogen and oxygen atoms in total. The lowest BCUT2D eigenvalue weighted by Crippen LogP contribution is -2.08. The molecule has 0 N–H and O–H groups in total. The number of nitrogens with zero attached hydrogens (tertiary/aromatic N) is 1. The summed E-state index contributed by atoms with van der Waals surface area (Å²) in [5.41, 5.74) is -0.218. The molecule has 8 heteroatoms. The number of thiazole rings is 1. The average Bonchev–Trinajstić information content (AvgIpc) is 3.02. The highest BCUT2D eigenvalue weighted by Crippen LogP contribution is 2.34. The van der Waals surface area contributed by atoms with Crippen LogP contribution in [0.4, 0.5) is 13.2 Å². The second kappa shape index (κ2) is 8.53. The molecule has 0 aliphatic rings. The summed E-state index contributed by atoms with van der Waals surface area (Å²) in [7, 11) is 1.24. The van der Waals surface area contributed by atoms with Gasteiger partial charge in [0.05, 0.1) is 24.3 Å². The lowest BCUT2D eigenvalue weighted by atomic mass is 10.1. The summed E-state index contributed by atoms with van der Waals surface area (Å²) in [6.45, 7) is 4.50. The van der Waals surface area contributed by atoms with E-state index in [0.29, 0.717) is 28.8 Å². The standard InChI is InChI=1S/C18H20F3NO3S/c1-11(2)6-7-25-15-5-4-13(18(19,20)21)8-12(15)9-16-22-14(10-26-16)17(23)24-3/h4-5,8,10-11H,6-7,9H2,1-3H3. The first-order valence-electron chi connectivity index (χ1n) is 8.06. The number of benzene rings is 1. The molecule has 2 rings (SSSR count). The van der Waals surface area contributed by atoms with Crippen LogP contribution in [0.5, 0.6) is 5.75 Å². The summed E-state index contributed by atoms with van der Waals surface area (Å²) in [6.07, 6.45) is -3.50. The van der Waals surface area contributed by atoms with Crippen LogP contribution in [0.15, 0.2) is 23.6 Å². The van der Waals surface area contributed by atoms with Crippen LogP contribution in [0.2, 0.25) is 0 Å². The van der Waals surface area contributed by atoms with E-state index in [4.69, 9.17) is 4.74 Å². The molecule has 2 aromatic rings. The number of aromatic nitrogens is 1. The summed E-state index contributed by atoms with van der Waals surface area (Å²) in [4.78, 5) is 15.6. The minimum atomic E-state index is -4.44. The average molecular weight is 387 g/mol. The van der Waals surface area contributed by atoms with Gasteiger partial charge in [-0.05, 0) is 30.5 Å². The SMILES string of the molecule is COC(=O)c1csc(Cc2cc(C(F)(F)F)ccc2OCCC(C)C)n1. The van der Waals surface area contributed by atoms with Crippen LogP contribution in [-0.2, 0) is 17.3 Å². The molecule has 0 unspecified atom stereocenters. The number of hydrogen-bond acceptors (Lipinski definition) is 5. The van der Waals surface area contributed by atoms with Gasteiger partial charge in [-0.2, -0.15) is 13.2 Å². The Kier molecular flexibility index (Phi) is 6.63. The Hall–Kier alpha value is -2.09. The molecule has 0 saturated heterocycles. The van der Waals surface area contributed by atoms with Crippen molar-refractivity contribution < 1.29 is 27.4 Å². The van der Waals surface area contributed by atoms with Crippen LogP contribution < -0.4 is 4.74 Å². The fourth-order valence-electron chi connectivity index (χ4n) is 2.19. The number of alkyl halides is 3. The number of esters is 1. The Morgan fingerprint density at radius 2 is 2.04 bits per heavy atom. The van der Waals surface area contributed by atoms with E-state index in [1.54, 1.807) is 0 Å². The van der Waals surface area contributed by atoms with Crippen LogP contribution in [0.1, 0.15) is 46.9 Å². The topological polar surface area (TPSA) is 48.4 Å². The van der Waals surface area contributed by atoms with E-state index in [1.165, 1.54) is 29.9 Å². The number of halogens is 3. The quantitative estimate of drug-likeness (QED) is 0.630. The molecule has 1 heterocycles. The maximum absolute atomic E-state index is 13.0. The Morgan fingerprint density at radius 3 is 2.65 bits per heavy atom. The molecule has 0 aliphatic carbocycles. The molecule has 142 valence electrons. The minimum Gasteiger partial charge on any atom is -0.493 e. The van der Waals surface area contributed by atoms with Gasteiger partial charge >= 0.3 is 12.1 Å². The van der Waals surface area contributed by atoms with Gasteiger partial charge in [-0.1, -0.05) is 13.8 Å². The number of hydrogen-bond donors (Lipinski definition) is 0. The molecule has 26 heavy (non-hydrogen) atoms. The van der Waals surface area contributed by atoms with Gasteiger partial charge in [0.1, 0.15) is 5.75 Å². The van der Waals surface area contributed by atoms with Crippen molar-refractivity contribution in [3.05, 3.63) is 45.4 Å². The third-order valence-electron chi connectivity index (χ3n) is 3.63. The molecule has 0 bridgehead atoms. The lowest BCUT2D eigenvalue weighted by Gasteiger charge is -2.15. The Labute approximate surface area is 154 Å². The van der Waals surface area contributed by atoms with E-state index < -0.39 is 17.7 Å². The van der Waals surface area contributed by atoms with Gasteiger partial charge in [0.25, 0.3) is 0 Å². The first kappa shape index (κ1) is 20.2. The Morgan fingerprint density at radius 1 is 1.31 bits per heavy atom. The number of methoxy groups -OCH3 is 1. The fraction of sp³-hybridized carbons (Fsp3) is 0.444. The molecule has 0 aliphatic heterocycles. The Bertz CT molecular complexity index is 756. The summed E-state index contributed by atoms with van der Waals surface area (Å²) >= 11 is 1.19. The van der Waals surface area contributed by atoms with Crippen molar-refractivity contribution in [2.24, 2.45) is 5.92 Å². The summed E-state index contributed by atoms with van der Waals surface area (Å²) in [6, 6.07) is 3.42. The second-order valence-corrected chi connectivity index (χ2v) is 7.09. The van der Waals surface area contributed by atoms with Gasteiger partial charge in [-0.15, -0.1) is 11.3 Å². The minimum absolute atomic E-state index is 0.141. The van der Waals surface area contributed by atoms with Crippen molar-refractivity contribution in [3.8, 4) is 5.75 Å². The smallest absolute Gasteiger partial charge is 0.416 e. The Balaban J connectivity index is 2.26. The number of carbonyl (C=O) groups excluding carboxylic acids is 1. The van der Waals surface area contributed by atoms with Crippen LogP contribution in [0.3, 0.4) is 0 Å². The normalized spacial score (nSPS) is 11.7. The van der Waals surface area contributed by atoms with E-state index in [0.717, 1.165) is 18.6 Å². The summed E-state index contributed by atoms with van der Waals surface area (Å²) in [5, 5.41) is 2.03. The molecular weight excluding hydrogens is 367 g/mol. The van der Waals surface area contributed by atoms with Crippen molar-refractivity contribution in [1.29, 1.82) is 0 Å². The largest absolute Gasteiger partial charge is 0.493 e. The maximum atomic E-state index is 13.0. The van der Waals surface area contributed by atoms with Crippen molar-refractivity contribution in [2.75, 3.05) is 13.7 Å². The second-order valence-electron chi connectivity index (χ2n) is 6.15. The van der Waals surface area contributed by atoms with Crippen LogP contribution in [0, 0.1) is 5.92 Å². The highest BCUT2D eigenvalue weighted by Gasteiger charge is 2.31. The zero-order valence-corrected chi connectivity index (χ0v) is 15.5. The van der Waals surface area contributed by atoms with Gasteiger partial charge in [-0.25, -0.2) is 9.78 Å². The van der Waals surface area contributed by atoms with E-state index in [-0.39, 0.29) is 12.1 Å². The van der Waals surface area contributed by atoms with Gasteiger partial charge in [0, 0.05) is 17.4 Å². The van der Waals surface area contributed by atoms with E-state index in [9.17, 15) is 18.0 Å². The zero-order valence-electron chi connectivity index (χ0n) is 14.7. The van der Waals surface area contributed by atoms with Crippen LogP contribution in [0.25, 0.3) is 0 Å². The molecule has 1 aromatic carbocycles. The zero-order chi connectivity index (χ0) is 19.3. The van der Waals surface area contributed by atoms with Gasteiger partial charge < -0.3 is 9.47 Å². The number of rotatable bonds is 7. The van der Waals surface area contributed by atoms with Crippen molar-refractivity contribution >= 4 is 17.3 Å². The van der Waals surface area contributed by atoms with E-state index >= 15 is 0 Å². The van der Waals surface area contributed by atoms with Gasteiger partial charge in [0.2, 0.25) is 0 Å². The molecule has 0 radical (unpaired) electrons. The predicted octanol–water partition coefficient (Wildman–Crippen LogP) is 4.96. The predicted molar refractivity (Wildman–Crippen MR) is 92.7 cm³/mol. The van der Waals surface area contributed by atoms with Crippen LogP contribution >= 0.6 is 11.3 Å². The molecule has 0 saturated carbocycles. The fourth-order valence-corrected chi connectivity index (χ4v) is 2.98. The molecule has 0 fully saturated rings. The molecule has 1 aromatic heterocycles. The monoisotopic (exact) mass is 387 g/mol. The van der Waals surface area contributed by atoms with Crippen molar-refractivity contribution in [3.63, 3.8) is 0 Å². The lowest BCUT2D eigenvalue weighted by molar-refractivity contribution is -0.137. The van der Waals surface area contributed by atoms with Crippen molar-refractivity contribution in [2.45, 2.75) is 32.9 Å². The third kappa shape index (κ3) is 5.45. The number of ether oxygens (including phenoxy) is 2. The molecular formula is C18H20F3NO3S. The van der Waals surface area contributed by atoms with Gasteiger partial charge in [0.15, 0.2) is 5.69 Å². The van der Waals surface area contributed by atoms with Crippen LogP contribution in [-0.4, -0.2) is 24.7 Å². The highest BCUT2D eigenvalue weighted by atomic mass is 32.1. The number of carbonyl (C=O) groups is 1. The van der Waals surface area contributed by atoms with E-state index in [1.807, 2.05) is 13.8 Å². The third-order valence-corrected chi connectivity index (χ3v) is 4.48. The summed E-state index contributed by atoms with van der Waals surface area (Å²) in [5.74, 6) is 0.243. The maximum Gasteiger partial charge on any atom is 0.416 e. The van der Waals surface area contributed by atoms with Gasteiger partial charge in [-0.3, -0.25) is 0 Å². The molecule has 0 spiro atoms. The first-order chi connectivity index (χ1) is 12.2. The van der Waals surface area contributed by atoms with E-state index in [2.05, 4.69) is 9.72 Å².